The lowest BCUT2D eigenvalue weighted by atomic mass is 10.2. The second kappa shape index (κ2) is 9.52. The van der Waals surface area contributed by atoms with Crippen molar-refractivity contribution in [1.29, 1.82) is 0 Å². The smallest absolute Gasteiger partial charge is 0.318 e. The number of hydrogen-bond acceptors (Lipinski definition) is 6. The molecule has 2 rings (SSSR count). The molecule has 1 aromatic heterocycles. The highest BCUT2D eigenvalue weighted by Gasteiger charge is 2.25. The maximum absolute atomic E-state index is 12.0. The van der Waals surface area contributed by atoms with Gasteiger partial charge in [-0.05, 0) is 33.0 Å². The molecule has 3 amide bonds. The molecule has 2 atom stereocenters. The first-order valence-corrected chi connectivity index (χ1v) is 9.61. The van der Waals surface area contributed by atoms with Gasteiger partial charge in [0.15, 0.2) is 11.0 Å². The van der Waals surface area contributed by atoms with Crippen molar-refractivity contribution in [2.75, 3.05) is 14.1 Å². The van der Waals surface area contributed by atoms with Crippen molar-refractivity contribution < 1.29 is 9.59 Å². The minimum Gasteiger partial charge on any atom is -0.351 e. The molecule has 0 spiro atoms. The van der Waals surface area contributed by atoms with E-state index in [-0.39, 0.29) is 6.04 Å². The van der Waals surface area contributed by atoms with Gasteiger partial charge in [-0.15, -0.1) is 10.2 Å². The van der Waals surface area contributed by atoms with Gasteiger partial charge in [0.05, 0.1) is 17.8 Å². The molecule has 0 radical (unpaired) electrons. The third kappa shape index (κ3) is 5.54. The quantitative estimate of drug-likeness (QED) is 0.668. The zero-order valence-electron chi connectivity index (χ0n) is 16.0. The summed E-state index contributed by atoms with van der Waals surface area (Å²) in [6.45, 7) is 4.40. The third-order valence-electron chi connectivity index (χ3n) is 4.13. The van der Waals surface area contributed by atoms with Crippen LogP contribution in [-0.2, 0) is 11.3 Å². The predicted octanol–water partition coefficient (Wildman–Crippen LogP) is 2.01. The topological polar surface area (TPSA) is 106 Å². The Labute approximate surface area is 163 Å². The summed E-state index contributed by atoms with van der Waals surface area (Å²) >= 11 is 1.25. The first-order chi connectivity index (χ1) is 12.8. The normalized spacial score (nSPS) is 13.4. The Balaban J connectivity index is 2.34. The van der Waals surface area contributed by atoms with E-state index in [9.17, 15) is 9.59 Å². The van der Waals surface area contributed by atoms with E-state index in [1.165, 1.54) is 11.8 Å². The fraction of sp³-hybridized carbons (Fsp3) is 0.444. The summed E-state index contributed by atoms with van der Waals surface area (Å²) in [5, 5.41) is 10.9. The number of urea groups is 1. The Bertz CT molecular complexity index is 777. The number of nitrogens with two attached hydrogens (primary N) is 1. The minimum absolute atomic E-state index is 0.102. The third-order valence-corrected chi connectivity index (χ3v) is 5.22. The lowest BCUT2D eigenvalue weighted by Crippen LogP contribution is -2.39. The first-order valence-electron chi connectivity index (χ1n) is 8.73. The van der Waals surface area contributed by atoms with Crippen LogP contribution in [0.25, 0.3) is 0 Å². The van der Waals surface area contributed by atoms with Gasteiger partial charge in [-0.1, -0.05) is 49.0 Å². The van der Waals surface area contributed by atoms with Crippen molar-refractivity contribution in [1.82, 2.24) is 25.0 Å². The van der Waals surface area contributed by atoms with Gasteiger partial charge in [-0.3, -0.25) is 15.0 Å². The van der Waals surface area contributed by atoms with Crippen molar-refractivity contribution in [2.24, 2.45) is 5.73 Å². The van der Waals surface area contributed by atoms with Crippen LogP contribution < -0.4 is 11.1 Å². The fourth-order valence-electron chi connectivity index (χ4n) is 2.76. The standard InChI is InChI=1S/C18H26N6O2S/c1-5-14(23(3)4)15-21-22-18(27-12(2)16(25)20-17(19)26)24(15)11-13-9-7-6-8-10-13/h6-10,12,14H,5,11H2,1-4H3,(H3,19,20,25,26). The molecule has 146 valence electrons. The molecule has 2 unspecified atom stereocenters. The Hall–Kier alpha value is -2.39. The van der Waals surface area contributed by atoms with E-state index in [2.05, 4.69) is 27.3 Å². The van der Waals surface area contributed by atoms with Crippen LogP contribution in [0.2, 0.25) is 0 Å². The first kappa shape index (κ1) is 20.9. The van der Waals surface area contributed by atoms with E-state index in [0.717, 1.165) is 17.8 Å². The number of carbonyl (C=O) groups is 2. The number of benzene rings is 1. The summed E-state index contributed by atoms with van der Waals surface area (Å²) in [6, 6.07) is 9.26. The van der Waals surface area contributed by atoms with Crippen LogP contribution in [0.5, 0.6) is 0 Å². The molecule has 3 N–H and O–H groups in total. The molecule has 0 aliphatic heterocycles. The highest BCUT2D eigenvalue weighted by molar-refractivity contribution is 8.00. The van der Waals surface area contributed by atoms with Crippen LogP contribution in [0, 0.1) is 0 Å². The maximum Gasteiger partial charge on any atom is 0.318 e. The number of nitrogens with one attached hydrogen (secondary N) is 1. The second-order valence-electron chi connectivity index (χ2n) is 6.41. The van der Waals surface area contributed by atoms with E-state index in [1.807, 2.05) is 49.0 Å². The Kier molecular flexibility index (Phi) is 7.37. The molecule has 1 heterocycles. The summed E-state index contributed by atoms with van der Waals surface area (Å²) < 4.78 is 2.03. The van der Waals surface area contributed by atoms with Crippen LogP contribution in [-0.4, -0.2) is 50.9 Å². The van der Waals surface area contributed by atoms with E-state index >= 15 is 0 Å². The van der Waals surface area contributed by atoms with Gasteiger partial charge in [-0.25, -0.2) is 4.79 Å². The van der Waals surface area contributed by atoms with Crippen LogP contribution in [0.1, 0.15) is 37.7 Å². The monoisotopic (exact) mass is 390 g/mol. The van der Waals surface area contributed by atoms with Gasteiger partial charge in [0.25, 0.3) is 0 Å². The Morgan fingerprint density at radius 3 is 2.48 bits per heavy atom. The van der Waals surface area contributed by atoms with Gasteiger partial charge in [0.2, 0.25) is 5.91 Å². The molecule has 1 aromatic carbocycles. The van der Waals surface area contributed by atoms with Crippen molar-refractivity contribution >= 4 is 23.7 Å². The predicted molar refractivity (Wildman–Crippen MR) is 105 cm³/mol. The molecule has 2 aromatic rings. The number of thioether (sulfide) groups is 1. The summed E-state index contributed by atoms with van der Waals surface area (Å²) in [5.41, 5.74) is 6.15. The number of imide groups is 1. The van der Waals surface area contributed by atoms with Crippen LogP contribution in [0.15, 0.2) is 35.5 Å². The number of hydrogen-bond donors (Lipinski definition) is 2. The van der Waals surface area contributed by atoms with E-state index in [4.69, 9.17) is 5.73 Å². The Morgan fingerprint density at radius 1 is 1.26 bits per heavy atom. The van der Waals surface area contributed by atoms with Gasteiger partial charge in [0.1, 0.15) is 0 Å². The lowest BCUT2D eigenvalue weighted by molar-refractivity contribution is -0.119. The number of amides is 3. The van der Waals surface area contributed by atoms with Crippen molar-refractivity contribution in [3.05, 3.63) is 41.7 Å². The van der Waals surface area contributed by atoms with Crippen molar-refractivity contribution in [3.63, 3.8) is 0 Å². The van der Waals surface area contributed by atoms with E-state index in [0.29, 0.717) is 11.7 Å². The molecule has 0 fully saturated rings. The molecule has 8 nitrogen and oxygen atoms in total. The molecule has 0 bridgehead atoms. The van der Waals surface area contributed by atoms with Gasteiger partial charge >= 0.3 is 6.03 Å². The zero-order valence-corrected chi connectivity index (χ0v) is 16.9. The maximum atomic E-state index is 12.0. The molecule has 0 saturated carbocycles. The molecule has 27 heavy (non-hydrogen) atoms. The number of primary amides is 1. The van der Waals surface area contributed by atoms with Gasteiger partial charge < -0.3 is 10.3 Å². The fourth-order valence-corrected chi connectivity index (χ4v) is 3.62. The van der Waals surface area contributed by atoms with Crippen LogP contribution in [0.4, 0.5) is 4.79 Å². The largest absolute Gasteiger partial charge is 0.351 e. The van der Waals surface area contributed by atoms with E-state index in [1.54, 1.807) is 6.92 Å². The minimum atomic E-state index is -0.863. The van der Waals surface area contributed by atoms with Gasteiger partial charge in [0, 0.05) is 0 Å². The number of carbonyl (C=O) groups excluding carboxylic acids is 2. The van der Waals surface area contributed by atoms with Crippen molar-refractivity contribution in [3.8, 4) is 0 Å². The van der Waals surface area contributed by atoms with Crippen molar-refractivity contribution in [2.45, 2.75) is 43.3 Å². The molecule has 9 heteroatoms. The highest BCUT2D eigenvalue weighted by atomic mass is 32.2. The molecule has 0 aliphatic rings. The van der Waals surface area contributed by atoms with Gasteiger partial charge in [-0.2, -0.15) is 0 Å². The van der Waals surface area contributed by atoms with Crippen LogP contribution >= 0.6 is 11.8 Å². The second-order valence-corrected chi connectivity index (χ2v) is 7.72. The lowest BCUT2D eigenvalue weighted by Gasteiger charge is -2.23. The van der Waals surface area contributed by atoms with Crippen LogP contribution in [0.3, 0.4) is 0 Å². The summed E-state index contributed by atoms with van der Waals surface area (Å²) in [6.07, 6.45) is 0.877. The average Bonchev–Trinajstić information content (AvgIpc) is 2.98. The average molecular weight is 391 g/mol. The number of nitrogens with zero attached hydrogens (tertiary/aromatic N) is 4. The Morgan fingerprint density at radius 2 is 1.93 bits per heavy atom. The number of rotatable bonds is 8. The number of aromatic nitrogens is 3. The molecular weight excluding hydrogens is 364 g/mol. The SMILES string of the molecule is CCC(c1nnc(SC(C)C(=O)NC(N)=O)n1Cc1ccccc1)N(C)C. The van der Waals surface area contributed by atoms with E-state index < -0.39 is 17.2 Å². The summed E-state index contributed by atoms with van der Waals surface area (Å²) in [7, 11) is 4.01. The molecular formula is C18H26N6O2S. The summed E-state index contributed by atoms with van der Waals surface area (Å²) in [4.78, 5) is 25.1. The summed E-state index contributed by atoms with van der Waals surface area (Å²) in [5.74, 6) is 0.388. The zero-order chi connectivity index (χ0) is 20.0. The molecule has 0 aliphatic carbocycles. The molecule has 0 saturated heterocycles. The highest BCUT2D eigenvalue weighted by Crippen LogP contribution is 2.28.